The Balaban J connectivity index is 2.74. The second-order valence-electron chi connectivity index (χ2n) is 4.90. The van der Waals surface area contributed by atoms with Gasteiger partial charge in [0.15, 0.2) is 9.84 Å². The van der Waals surface area contributed by atoms with Crippen molar-refractivity contribution in [2.24, 2.45) is 5.41 Å². The van der Waals surface area contributed by atoms with Crippen LogP contribution >= 0.6 is 24.4 Å². The fraction of sp³-hybridized carbons (Fsp3) is 0.571. The Bertz CT molecular complexity index is 480. The Kier molecular flexibility index (Phi) is 6.27. The number of sulfone groups is 1. The molecule has 0 spiro atoms. The summed E-state index contributed by atoms with van der Waals surface area (Å²) in [5.74, 6) is 1.90. The molecule has 1 aromatic carbocycles. The van der Waals surface area contributed by atoms with Gasteiger partial charge in [-0.2, -0.15) is 12.6 Å². The maximum Gasteiger partial charge on any atom is 0.175 e. The predicted octanol–water partition coefficient (Wildman–Crippen LogP) is 3.92. The van der Waals surface area contributed by atoms with Crippen LogP contribution in [-0.4, -0.2) is 26.2 Å². The van der Waals surface area contributed by atoms with Gasteiger partial charge in [-0.1, -0.05) is 13.8 Å². The molecule has 0 radical (unpaired) electrons. The molecule has 0 atom stereocenters. The second-order valence-corrected chi connectivity index (χ2v) is 8.28. The highest BCUT2D eigenvalue weighted by molar-refractivity contribution is 7.99. The van der Waals surface area contributed by atoms with E-state index < -0.39 is 9.84 Å². The minimum atomic E-state index is -3.10. The first-order valence-corrected chi connectivity index (χ1v) is 9.91. The zero-order chi connectivity index (χ0) is 14.5. The minimum Gasteiger partial charge on any atom is -0.224 e. The number of rotatable bonds is 7. The van der Waals surface area contributed by atoms with Crippen molar-refractivity contribution < 1.29 is 8.42 Å². The quantitative estimate of drug-likeness (QED) is 0.611. The SMILES string of the molecule is CCC(CC)(CS)CSc1ccc(S(C)(=O)=O)cc1. The average molecular weight is 319 g/mol. The molecular formula is C14H22O2S3. The molecule has 0 saturated carbocycles. The maximum atomic E-state index is 11.4. The normalized spacial score (nSPS) is 12.6. The molecule has 0 amide bonds. The van der Waals surface area contributed by atoms with Crippen molar-refractivity contribution in [2.75, 3.05) is 17.8 Å². The third-order valence-corrected chi connectivity index (χ3v) is 6.79. The monoisotopic (exact) mass is 318 g/mol. The molecule has 0 fully saturated rings. The van der Waals surface area contributed by atoms with E-state index in [1.54, 1.807) is 23.9 Å². The topological polar surface area (TPSA) is 34.1 Å². The molecule has 5 heteroatoms. The number of thiol groups is 1. The van der Waals surface area contributed by atoms with Gasteiger partial charge in [0.05, 0.1) is 4.90 Å². The lowest BCUT2D eigenvalue weighted by molar-refractivity contribution is 0.357. The Labute approximate surface area is 126 Å². The first-order valence-electron chi connectivity index (χ1n) is 6.40. The van der Waals surface area contributed by atoms with Crippen molar-refractivity contribution in [2.45, 2.75) is 36.5 Å². The van der Waals surface area contributed by atoms with Crippen LogP contribution in [-0.2, 0) is 9.84 Å². The van der Waals surface area contributed by atoms with Crippen molar-refractivity contribution in [3.8, 4) is 0 Å². The molecule has 1 aromatic rings. The van der Waals surface area contributed by atoms with E-state index in [1.807, 2.05) is 12.1 Å². The van der Waals surface area contributed by atoms with Gasteiger partial charge in [0, 0.05) is 16.9 Å². The summed E-state index contributed by atoms with van der Waals surface area (Å²) in [6.07, 6.45) is 3.46. The standard InChI is InChI=1S/C14H22O2S3/c1-4-14(5-2,10-17)11-18-12-6-8-13(9-7-12)19(3,15)16/h6-9,17H,4-5,10-11H2,1-3H3. The highest BCUT2D eigenvalue weighted by atomic mass is 32.2. The molecule has 0 saturated heterocycles. The maximum absolute atomic E-state index is 11.4. The van der Waals surface area contributed by atoms with Gasteiger partial charge >= 0.3 is 0 Å². The van der Waals surface area contributed by atoms with E-state index >= 15 is 0 Å². The lowest BCUT2D eigenvalue weighted by Crippen LogP contribution is -2.24. The van der Waals surface area contributed by atoms with E-state index in [0.717, 1.165) is 29.2 Å². The number of hydrogen-bond acceptors (Lipinski definition) is 4. The summed E-state index contributed by atoms with van der Waals surface area (Å²) in [6, 6.07) is 7.13. The van der Waals surface area contributed by atoms with Crippen LogP contribution in [0.25, 0.3) is 0 Å². The van der Waals surface area contributed by atoms with Gasteiger partial charge in [0.25, 0.3) is 0 Å². The Morgan fingerprint density at radius 3 is 2.05 bits per heavy atom. The molecule has 1 rings (SSSR count). The Morgan fingerprint density at radius 2 is 1.68 bits per heavy atom. The van der Waals surface area contributed by atoms with Gasteiger partial charge in [-0.15, -0.1) is 11.8 Å². The Morgan fingerprint density at radius 1 is 1.16 bits per heavy atom. The molecule has 0 aromatic heterocycles. The summed E-state index contributed by atoms with van der Waals surface area (Å²) in [6.45, 7) is 4.40. The second kappa shape index (κ2) is 7.04. The highest BCUT2D eigenvalue weighted by Gasteiger charge is 2.24. The van der Waals surface area contributed by atoms with Crippen molar-refractivity contribution in [1.29, 1.82) is 0 Å². The predicted molar refractivity (Wildman–Crippen MR) is 87.1 cm³/mol. The van der Waals surface area contributed by atoms with E-state index in [0.29, 0.717) is 4.90 Å². The lowest BCUT2D eigenvalue weighted by atomic mass is 9.87. The summed E-state index contributed by atoms with van der Waals surface area (Å²) in [5, 5.41) is 0. The summed E-state index contributed by atoms with van der Waals surface area (Å²) < 4.78 is 22.8. The Hall–Kier alpha value is -0.130. The molecule has 0 N–H and O–H groups in total. The van der Waals surface area contributed by atoms with Crippen molar-refractivity contribution in [1.82, 2.24) is 0 Å². The molecule has 0 aliphatic heterocycles. The molecular weight excluding hydrogens is 296 g/mol. The van der Waals surface area contributed by atoms with Gasteiger partial charge in [0.1, 0.15) is 0 Å². The van der Waals surface area contributed by atoms with Crippen LogP contribution in [0.3, 0.4) is 0 Å². The number of thioether (sulfide) groups is 1. The summed E-state index contributed by atoms with van der Waals surface area (Å²) in [7, 11) is -3.10. The van der Waals surface area contributed by atoms with Crippen molar-refractivity contribution >= 4 is 34.2 Å². The third kappa shape index (κ3) is 4.72. The fourth-order valence-corrected chi connectivity index (χ4v) is 4.40. The minimum absolute atomic E-state index is 0.267. The summed E-state index contributed by atoms with van der Waals surface area (Å²) in [4.78, 5) is 1.49. The summed E-state index contributed by atoms with van der Waals surface area (Å²) >= 11 is 6.25. The first kappa shape index (κ1) is 16.9. The highest BCUT2D eigenvalue weighted by Crippen LogP contribution is 2.35. The van der Waals surface area contributed by atoms with Gasteiger partial charge < -0.3 is 0 Å². The molecule has 2 nitrogen and oxygen atoms in total. The number of benzene rings is 1. The number of hydrogen-bond donors (Lipinski definition) is 1. The smallest absolute Gasteiger partial charge is 0.175 e. The summed E-state index contributed by atoms with van der Waals surface area (Å²) in [5.41, 5.74) is 0.267. The third-order valence-electron chi connectivity index (χ3n) is 3.63. The van der Waals surface area contributed by atoms with Crippen LogP contribution in [0.5, 0.6) is 0 Å². The van der Waals surface area contributed by atoms with Crippen LogP contribution < -0.4 is 0 Å². The van der Waals surface area contributed by atoms with Gasteiger partial charge in [-0.3, -0.25) is 0 Å². The van der Waals surface area contributed by atoms with Crippen molar-refractivity contribution in [3.05, 3.63) is 24.3 Å². The van der Waals surface area contributed by atoms with E-state index in [2.05, 4.69) is 26.5 Å². The molecule has 108 valence electrons. The van der Waals surface area contributed by atoms with Crippen LogP contribution in [0.4, 0.5) is 0 Å². The van der Waals surface area contributed by atoms with E-state index in [1.165, 1.54) is 6.26 Å². The first-order chi connectivity index (χ1) is 8.87. The van der Waals surface area contributed by atoms with E-state index in [-0.39, 0.29) is 5.41 Å². The molecule has 0 aliphatic rings. The average Bonchev–Trinajstić information content (AvgIpc) is 2.40. The van der Waals surface area contributed by atoms with E-state index in [9.17, 15) is 8.42 Å². The molecule has 0 unspecified atom stereocenters. The molecule has 0 bridgehead atoms. The van der Waals surface area contributed by atoms with Crippen LogP contribution in [0, 0.1) is 5.41 Å². The molecule has 19 heavy (non-hydrogen) atoms. The van der Waals surface area contributed by atoms with Gasteiger partial charge in [-0.05, 0) is 48.3 Å². The van der Waals surface area contributed by atoms with Gasteiger partial charge in [0.2, 0.25) is 0 Å². The van der Waals surface area contributed by atoms with Crippen LogP contribution in [0.2, 0.25) is 0 Å². The zero-order valence-corrected chi connectivity index (χ0v) is 14.2. The fourth-order valence-electron chi connectivity index (χ4n) is 1.74. The van der Waals surface area contributed by atoms with Crippen LogP contribution in [0.15, 0.2) is 34.1 Å². The largest absolute Gasteiger partial charge is 0.224 e. The van der Waals surface area contributed by atoms with Gasteiger partial charge in [-0.25, -0.2) is 8.42 Å². The van der Waals surface area contributed by atoms with Crippen molar-refractivity contribution in [3.63, 3.8) is 0 Å². The molecule has 0 aliphatic carbocycles. The zero-order valence-electron chi connectivity index (χ0n) is 11.7. The van der Waals surface area contributed by atoms with Crippen LogP contribution in [0.1, 0.15) is 26.7 Å². The lowest BCUT2D eigenvalue weighted by Gasteiger charge is -2.29. The van der Waals surface area contributed by atoms with E-state index in [4.69, 9.17) is 0 Å². The molecule has 0 heterocycles.